The molecule has 0 saturated heterocycles. The van der Waals surface area contributed by atoms with E-state index in [1.165, 1.54) is 12.3 Å². The van der Waals surface area contributed by atoms with E-state index >= 15 is 0 Å². The average molecular weight is 234 g/mol. The van der Waals surface area contributed by atoms with Crippen molar-refractivity contribution >= 4 is 0 Å². The standard InChI is InChI=1S/C11H11FN4O/c12-8-5-14-4-3-7(8)11-15-10(16-17-11)9(13)6-1-2-6/h3-6,9H,1-2,13H2. The molecule has 0 aromatic carbocycles. The molecule has 1 unspecified atom stereocenters. The zero-order chi connectivity index (χ0) is 11.8. The molecule has 6 heteroatoms. The van der Waals surface area contributed by atoms with Gasteiger partial charge in [-0.05, 0) is 24.8 Å². The Morgan fingerprint density at radius 2 is 2.29 bits per heavy atom. The van der Waals surface area contributed by atoms with E-state index in [4.69, 9.17) is 10.3 Å². The number of pyridine rings is 1. The van der Waals surface area contributed by atoms with E-state index in [1.54, 1.807) is 0 Å². The van der Waals surface area contributed by atoms with E-state index in [1.807, 2.05) is 0 Å². The van der Waals surface area contributed by atoms with Crippen molar-refractivity contribution < 1.29 is 8.91 Å². The Morgan fingerprint density at radius 1 is 1.47 bits per heavy atom. The number of halogens is 1. The molecule has 1 atom stereocenters. The number of hydrogen-bond donors (Lipinski definition) is 1. The summed E-state index contributed by atoms with van der Waals surface area (Å²) in [5.74, 6) is 0.542. The molecule has 1 aliphatic carbocycles. The fraction of sp³-hybridized carbons (Fsp3) is 0.364. The predicted octanol–water partition coefficient (Wildman–Crippen LogP) is 1.68. The fourth-order valence-corrected chi connectivity index (χ4v) is 1.69. The number of hydrogen-bond acceptors (Lipinski definition) is 5. The Hall–Kier alpha value is -1.82. The first-order chi connectivity index (χ1) is 8.25. The summed E-state index contributed by atoms with van der Waals surface area (Å²) in [5.41, 5.74) is 6.19. The molecule has 0 spiro atoms. The van der Waals surface area contributed by atoms with Crippen LogP contribution in [0.1, 0.15) is 24.7 Å². The summed E-state index contributed by atoms with van der Waals surface area (Å²) in [6.07, 6.45) is 4.77. The third-order valence-electron chi connectivity index (χ3n) is 2.87. The van der Waals surface area contributed by atoms with Gasteiger partial charge in [-0.25, -0.2) is 4.39 Å². The van der Waals surface area contributed by atoms with E-state index in [9.17, 15) is 4.39 Å². The van der Waals surface area contributed by atoms with Crippen LogP contribution in [0, 0.1) is 11.7 Å². The van der Waals surface area contributed by atoms with Gasteiger partial charge in [-0.1, -0.05) is 5.16 Å². The van der Waals surface area contributed by atoms with Crippen LogP contribution < -0.4 is 5.73 Å². The Balaban J connectivity index is 1.92. The minimum absolute atomic E-state index is 0.149. The van der Waals surface area contributed by atoms with Crippen molar-refractivity contribution in [3.05, 3.63) is 30.1 Å². The van der Waals surface area contributed by atoms with Crippen LogP contribution in [0.4, 0.5) is 4.39 Å². The minimum atomic E-state index is -0.484. The SMILES string of the molecule is NC(c1noc(-c2ccncc2F)n1)C1CC1. The second kappa shape index (κ2) is 3.89. The molecule has 3 rings (SSSR count). The Bertz CT molecular complexity index is 538. The van der Waals surface area contributed by atoms with Crippen molar-refractivity contribution in [1.82, 2.24) is 15.1 Å². The van der Waals surface area contributed by atoms with Crippen molar-refractivity contribution in [2.75, 3.05) is 0 Å². The highest BCUT2D eigenvalue weighted by molar-refractivity contribution is 5.52. The first kappa shape index (κ1) is 10.3. The van der Waals surface area contributed by atoms with Gasteiger partial charge in [0.1, 0.15) is 0 Å². The molecule has 1 aliphatic rings. The summed E-state index contributed by atoms with van der Waals surface area (Å²) in [4.78, 5) is 7.79. The summed E-state index contributed by atoms with van der Waals surface area (Å²) in [5, 5.41) is 3.80. The monoisotopic (exact) mass is 234 g/mol. The summed E-state index contributed by atoms with van der Waals surface area (Å²) in [7, 11) is 0. The smallest absolute Gasteiger partial charge is 0.261 e. The maximum atomic E-state index is 13.4. The number of rotatable bonds is 3. The zero-order valence-electron chi connectivity index (χ0n) is 9.01. The summed E-state index contributed by atoms with van der Waals surface area (Å²) >= 11 is 0. The average Bonchev–Trinajstić information content (AvgIpc) is 3.07. The lowest BCUT2D eigenvalue weighted by Crippen LogP contribution is -2.13. The molecule has 2 N–H and O–H groups in total. The molecule has 0 amide bonds. The fourth-order valence-electron chi connectivity index (χ4n) is 1.69. The molecule has 1 saturated carbocycles. The number of nitrogens with two attached hydrogens (primary N) is 1. The third-order valence-corrected chi connectivity index (χ3v) is 2.87. The van der Waals surface area contributed by atoms with Crippen molar-refractivity contribution in [2.24, 2.45) is 11.7 Å². The lowest BCUT2D eigenvalue weighted by atomic mass is 10.2. The molecular formula is C11H11FN4O. The van der Waals surface area contributed by atoms with Crippen LogP contribution in [0.25, 0.3) is 11.5 Å². The van der Waals surface area contributed by atoms with Gasteiger partial charge < -0.3 is 10.3 Å². The maximum Gasteiger partial charge on any atom is 0.261 e. The Kier molecular flexibility index (Phi) is 2.36. The van der Waals surface area contributed by atoms with E-state index in [2.05, 4.69) is 15.1 Å². The van der Waals surface area contributed by atoms with Crippen molar-refractivity contribution in [1.29, 1.82) is 0 Å². The molecule has 1 fully saturated rings. The molecule has 5 nitrogen and oxygen atoms in total. The number of nitrogens with zero attached hydrogens (tertiary/aromatic N) is 3. The number of aromatic nitrogens is 3. The topological polar surface area (TPSA) is 77.8 Å². The normalized spacial score (nSPS) is 17.1. The second-order valence-corrected chi connectivity index (χ2v) is 4.18. The zero-order valence-corrected chi connectivity index (χ0v) is 9.01. The van der Waals surface area contributed by atoms with E-state index < -0.39 is 5.82 Å². The summed E-state index contributed by atoms with van der Waals surface area (Å²) < 4.78 is 18.5. The maximum absolute atomic E-state index is 13.4. The highest BCUT2D eigenvalue weighted by atomic mass is 19.1. The predicted molar refractivity (Wildman–Crippen MR) is 57.1 cm³/mol. The largest absolute Gasteiger partial charge is 0.334 e. The molecule has 0 bridgehead atoms. The van der Waals surface area contributed by atoms with Crippen LogP contribution in [0.15, 0.2) is 23.0 Å². The first-order valence-corrected chi connectivity index (χ1v) is 5.45. The Morgan fingerprint density at radius 3 is 3.00 bits per heavy atom. The minimum Gasteiger partial charge on any atom is -0.334 e. The van der Waals surface area contributed by atoms with Gasteiger partial charge >= 0.3 is 0 Å². The van der Waals surface area contributed by atoms with E-state index in [0.29, 0.717) is 11.7 Å². The van der Waals surface area contributed by atoms with Gasteiger partial charge in [0.05, 0.1) is 17.8 Å². The lowest BCUT2D eigenvalue weighted by Gasteiger charge is -2.01. The van der Waals surface area contributed by atoms with Gasteiger partial charge in [0, 0.05) is 6.20 Å². The van der Waals surface area contributed by atoms with Crippen molar-refractivity contribution in [3.63, 3.8) is 0 Å². The lowest BCUT2D eigenvalue weighted by molar-refractivity contribution is 0.409. The quantitative estimate of drug-likeness (QED) is 0.874. The van der Waals surface area contributed by atoms with Gasteiger partial charge in [-0.2, -0.15) is 4.98 Å². The Labute approximate surface area is 96.9 Å². The van der Waals surface area contributed by atoms with E-state index in [-0.39, 0.29) is 17.5 Å². The van der Waals surface area contributed by atoms with Crippen molar-refractivity contribution in [3.8, 4) is 11.5 Å². The molecule has 17 heavy (non-hydrogen) atoms. The van der Waals surface area contributed by atoms with Crippen LogP contribution in [-0.4, -0.2) is 15.1 Å². The molecule has 0 radical (unpaired) electrons. The highest BCUT2D eigenvalue weighted by Gasteiger charge is 2.32. The van der Waals surface area contributed by atoms with Crippen LogP contribution in [0.3, 0.4) is 0 Å². The van der Waals surface area contributed by atoms with Crippen molar-refractivity contribution in [2.45, 2.75) is 18.9 Å². The van der Waals surface area contributed by atoms with Crippen LogP contribution >= 0.6 is 0 Å². The van der Waals surface area contributed by atoms with Crippen LogP contribution in [0.5, 0.6) is 0 Å². The van der Waals surface area contributed by atoms with Gasteiger partial charge in [0.25, 0.3) is 5.89 Å². The third kappa shape index (κ3) is 1.91. The first-order valence-electron chi connectivity index (χ1n) is 5.45. The molecule has 0 aliphatic heterocycles. The molecule has 88 valence electrons. The van der Waals surface area contributed by atoms with Gasteiger partial charge in [-0.3, -0.25) is 4.98 Å². The van der Waals surface area contributed by atoms with Crippen LogP contribution in [-0.2, 0) is 0 Å². The van der Waals surface area contributed by atoms with Gasteiger partial charge in [0.2, 0.25) is 0 Å². The second-order valence-electron chi connectivity index (χ2n) is 4.18. The van der Waals surface area contributed by atoms with E-state index in [0.717, 1.165) is 19.0 Å². The van der Waals surface area contributed by atoms with Crippen LogP contribution in [0.2, 0.25) is 0 Å². The van der Waals surface area contributed by atoms with Gasteiger partial charge in [0.15, 0.2) is 11.6 Å². The summed E-state index contributed by atoms with van der Waals surface area (Å²) in [6, 6.07) is 1.28. The molecule has 2 aromatic heterocycles. The molecular weight excluding hydrogens is 223 g/mol. The summed E-state index contributed by atoms with van der Waals surface area (Å²) in [6.45, 7) is 0. The molecule has 2 aromatic rings. The highest BCUT2D eigenvalue weighted by Crippen LogP contribution is 2.38. The van der Waals surface area contributed by atoms with Gasteiger partial charge in [-0.15, -0.1) is 0 Å². The molecule has 2 heterocycles.